The van der Waals surface area contributed by atoms with Gasteiger partial charge in [-0.1, -0.05) is 42.5 Å². The minimum atomic E-state index is -3.73. The van der Waals surface area contributed by atoms with Crippen LogP contribution in [0.3, 0.4) is 0 Å². The third kappa shape index (κ3) is 3.93. The maximum atomic E-state index is 11.5. The zero-order valence-corrected chi connectivity index (χ0v) is 17.2. The number of aromatic nitrogens is 3. The van der Waals surface area contributed by atoms with E-state index in [1.165, 1.54) is 23.5 Å². The van der Waals surface area contributed by atoms with Crippen LogP contribution >= 0.6 is 11.3 Å². The largest absolute Gasteiger partial charge is 0.383 e. The monoisotopic (exact) mass is 425 g/mol. The first-order valence-electron chi connectivity index (χ1n) is 8.80. The maximum absolute atomic E-state index is 11.5. The molecule has 4 N–H and O–H groups in total. The molecule has 4 rings (SSSR count). The number of benzene rings is 2. The summed E-state index contributed by atoms with van der Waals surface area (Å²) in [6.45, 7) is 1.92. The van der Waals surface area contributed by atoms with E-state index in [0.717, 1.165) is 28.1 Å². The van der Waals surface area contributed by atoms with Crippen LogP contribution in [0.25, 0.3) is 16.4 Å². The van der Waals surface area contributed by atoms with E-state index >= 15 is 0 Å². The highest BCUT2D eigenvalue weighted by molar-refractivity contribution is 7.89. The van der Waals surface area contributed by atoms with Gasteiger partial charge in [-0.15, -0.1) is 11.3 Å². The standard InChI is InChI=1S/C20H19N5O2S2/c1-13-12-28-20(23-13)25-19(21)17(18(24-25)15-5-3-2-4-6-15)11-14-7-9-16(10-8-14)29(22,26)27/h2-10,12H,11,21H2,1H3,(H2,22,26,27). The van der Waals surface area contributed by atoms with Crippen molar-refractivity contribution in [1.82, 2.24) is 14.8 Å². The lowest BCUT2D eigenvalue weighted by molar-refractivity contribution is 0.598. The molecule has 0 spiro atoms. The molecule has 0 amide bonds. The summed E-state index contributed by atoms with van der Waals surface area (Å²) in [5.74, 6) is 0.508. The summed E-state index contributed by atoms with van der Waals surface area (Å²) in [5, 5.41) is 12.6. The number of rotatable bonds is 5. The Balaban J connectivity index is 1.80. The molecule has 0 aliphatic rings. The van der Waals surface area contributed by atoms with Crippen molar-refractivity contribution in [1.29, 1.82) is 0 Å². The van der Waals surface area contributed by atoms with E-state index in [0.29, 0.717) is 17.4 Å². The summed E-state index contributed by atoms with van der Waals surface area (Å²) in [5.41, 5.74) is 10.9. The van der Waals surface area contributed by atoms with E-state index in [1.54, 1.807) is 16.8 Å². The molecule has 9 heteroatoms. The third-order valence-corrected chi connectivity index (χ3v) is 6.35. The molecule has 2 aromatic heterocycles. The molecule has 0 unspecified atom stereocenters. The minimum Gasteiger partial charge on any atom is -0.383 e. The maximum Gasteiger partial charge on any atom is 0.238 e. The molecule has 4 aromatic rings. The molecule has 148 valence electrons. The highest BCUT2D eigenvalue weighted by Crippen LogP contribution is 2.32. The average Bonchev–Trinajstić information content (AvgIpc) is 3.26. The van der Waals surface area contributed by atoms with Gasteiger partial charge in [-0.3, -0.25) is 0 Å². The first kappa shape index (κ1) is 19.3. The Morgan fingerprint density at radius 1 is 1.07 bits per heavy atom. The van der Waals surface area contributed by atoms with Crippen molar-refractivity contribution >= 4 is 27.2 Å². The van der Waals surface area contributed by atoms with Crippen LogP contribution < -0.4 is 10.9 Å². The van der Waals surface area contributed by atoms with E-state index in [4.69, 9.17) is 16.0 Å². The summed E-state index contributed by atoms with van der Waals surface area (Å²) < 4.78 is 24.7. The van der Waals surface area contributed by atoms with Crippen molar-refractivity contribution in [3.8, 4) is 16.4 Å². The Morgan fingerprint density at radius 3 is 2.34 bits per heavy atom. The van der Waals surface area contributed by atoms with Gasteiger partial charge in [-0.25, -0.2) is 18.5 Å². The van der Waals surface area contributed by atoms with Gasteiger partial charge in [-0.05, 0) is 24.6 Å². The van der Waals surface area contributed by atoms with Crippen LogP contribution in [0.2, 0.25) is 0 Å². The predicted molar refractivity (Wildman–Crippen MR) is 114 cm³/mol. The number of anilines is 1. The highest BCUT2D eigenvalue weighted by Gasteiger charge is 2.20. The van der Waals surface area contributed by atoms with Gasteiger partial charge in [0.25, 0.3) is 0 Å². The molecule has 2 heterocycles. The molecule has 0 radical (unpaired) electrons. The zero-order chi connectivity index (χ0) is 20.6. The van der Waals surface area contributed by atoms with Crippen LogP contribution in [0.1, 0.15) is 16.8 Å². The first-order chi connectivity index (χ1) is 13.8. The number of hydrogen-bond acceptors (Lipinski definition) is 6. The molecule has 0 aliphatic heterocycles. The van der Waals surface area contributed by atoms with Crippen molar-refractivity contribution in [3.05, 3.63) is 76.8 Å². The Kier molecular flexibility index (Phi) is 4.95. The number of aryl methyl sites for hydroxylation is 1. The number of primary sulfonamides is 1. The van der Waals surface area contributed by atoms with Crippen LogP contribution in [-0.2, 0) is 16.4 Å². The van der Waals surface area contributed by atoms with E-state index < -0.39 is 10.0 Å². The van der Waals surface area contributed by atoms with Crippen LogP contribution in [0, 0.1) is 6.92 Å². The van der Waals surface area contributed by atoms with Crippen LogP contribution in [0.4, 0.5) is 5.82 Å². The van der Waals surface area contributed by atoms with Crippen LogP contribution in [-0.4, -0.2) is 23.2 Å². The summed E-state index contributed by atoms with van der Waals surface area (Å²) in [7, 11) is -3.73. The zero-order valence-electron chi connectivity index (χ0n) is 15.6. The molecule has 29 heavy (non-hydrogen) atoms. The number of hydrogen-bond donors (Lipinski definition) is 2. The lowest BCUT2D eigenvalue weighted by Crippen LogP contribution is -2.11. The smallest absolute Gasteiger partial charge is 0.238 e. The molecule has 0 aliphatic carbocycles. The summed E-state index contributed by atoms with van der Waals surface area (Å²) in [6, 6.07) is 16.3. The lowest BCUT2D eigenvalue weighted by Gasteiger charge is -2.06. The average molecular weight is 426 g/mol. The molecule has 0 fully saturated rings. The van der Waals surface area contributed by atoms with E-state index in [2.05, 4.69) is 4.98 Å². The molecule has 0 atom stereocenters. The van der Waals surface area contributed by atoms with Gasteiger partial charge in [-0.2, -0.15) is 9.78 Å². The van der Waals surface area contributed by atoms with Crippen molar-refractivity contribution < 1.29 is 8.42 Å². The van der Waals surface area contributed by atoms with Gasteiger partial charge in [0.05, 0.1) is 16.3 Å². The van der Waals surface area contributed by atoms with Crippen molar-refractivity contribution in [2.75, 3.05) is 5.73 Å². The van der Waals surface area contributed by atoms with Crippen molar-refractivity contribution in [3.63, 3.8) is 0 Å². The fraction of sp³-hybridized carbons (Fsp3) is 0.100. The predicted octanol–water partition coefficient (Wildman–Crippen LogP) is 3.12. The molecular weight excluding hydrogens is 406 g/mol. The number of nitrogen functional groups attached to an aromatic ring is 1. The van der Waals surface area contributed by atoms with Crippen LogP contribution in [0.15, 0.2) is 64.9 Å². The normalized spacial score (nSPS) is 11.7. The van der Waals surface area contributed by atoms with Gasteiger partial charge in [0.2, 0.25) is 15.2 Å². The van der Waals surface area contributed by atoms with Gasteiger partial charge in [0, 0.05) is 22.9 Å². The van der Waals surface area contributed by atoms with Crippen molar-refractivity contribution in [2.24, 2.45) is 5.14 Å². The molecule has 0 bridgehead atoms. The summed E-state index contributed by atoms with van der Waals surface area (Å²) in [4.78, 5) is 4.57. The topological polar surface area (TPSA) is 117 Å². The molecule has 0 saturated carbocycles. The Bertz CT molecular complexity index is 1260. The molecular formula is C20H19N5O2S2. The van der Waals surface area contributed by atoms with E-state index in [1.807, 2.05) is 42.6 Å². The first-order valence-corrected chi connectivity index (χ1v) is 11.2. The Hall–Kier alpha value is -3.01. The van der Waals surface area contributed by atoms with Gasteiger partial charge >= 0.3 is 0 Å². The summed E-state index contributed by atoms with van der Waals surface area (Å²) in [6.07, 6.45) is 0.491. The second-order valence-electron chi connectivity index (χ2n) is 6.63. The number of thiazole rings is 1. The van der Waals surface area contributed by atoms with Gasteiger partial charge < -0.3 is 5.73 Å². The highest BCUT2D eigenvalue weighted by atomic mass is 32.2. The SMILES string of the molecule is Cc1csc(-n2nc(-c3ccccc3)c(Cc3ccc(S(N)(=O)=O)cc3)c2N)n1. The molecule has 2 aromatic carbocycles. The third-order valence-electron chi connectivity index (χ3n) is 4.49. The minimum absolute atomic E-state index is 0.0754. The number of nitrogens with zero attached hydrogens (tertiary/aromatic N) is 3. The Morgan fingerprint density at radius 2 is 1.76 bits per heavy atom. The fourth-order valence-corrected chi connectivity index (χ4v) is 4.33. The number of nitrogens with two attached hydrogens (primary N) is 2. The fourth-order valence-electron chi connectivity index (χ4n) is 3.05. The van der Waals surface area contributed by atoms with Crippen molar-refractivity contribution in [2.45, 2.75) is 18.2 Å². The van der Waals surface area contributed by atoms with Gasteiger partial charge in [0.1, 0.15) is 5.82 Å². The quantitative estimate of drug-likeness (QED) is 0.509. The van der Waals surface area contributed by atoms with E-state index in [9.17, 15) is 8.42 Å². The molecule has 0 saturated heterocycles. The molecule has 7 nitrogen and oxygen atoms in total. The Labute approximate surface area is 172 Å². The van der Waals surface area contributed by atoms with Crippen LogP contribution in [0.5, 0.6) is 0 Å². The van der Waals surface area contributed by atoms with E-state index in [-0.39, 0.29) is 4.90 Å². The number of sulfonamides is 1. The van der Waals surface area contributed by atoms with Gasteiger partial charge in [0.15, 0.2) is 0 Å². The summed E-state index contributed by atoms with van der Waals surface area (Å²) >= 11 is 1.47. The second kappa shape index (κ2) is 7.43. The second-order valence-corrected chi connectivity index (χ2v) is 9.03. The lowest BCUT2D eigenvalue weighted by atomic mass is 10.0.